The minimum atomic E-state index is -0.385. The lowest BCUT2D eigenvalue weighted by Crippen LogP contribution is -2.14. The predicted molar refractivity (Wildman–Crippen MR) is 550 cm³/mol. The van der Waals surface area contributed by atoms with Crippen molar-refractivity contribution < 1.29 is 53.3 Å². The zero-order valence-corrected chi connectivity index (χ0v) is 85.6. The van der Waals surface area contributed by atoms with Crippen LogP contribution in [0.25, 0.3) is 0 Å². The zero-order chi connectivity index (χ0) is 99.6. The van der Waals surface area contributed by atoms with Crippen LogP contribution < -0.4 is 60.3 Å². The second-order valence-corrected chi connectivity index (χ2v) is 36.3. The fourth-order valence-electron chi connectivity index (χ4n) is 12.0. The van der Waals surface area contributed by atoms with Crippen LogP contribution in [0.2, 0.25) is 25.2 Å². The van der Waals surface area contributed by atoms with E-state index in [0.29, 0.717) is 200 Å². The number of nitrogens with one attached hydrogen (secondary N) is 7. The molecule has 0 radical (unpaired) electrons. The molecule has 0 saturated carbocycles. The van der Waals surface area contributed by atoms with Gasteiger partial charge in [0.25, 0.3) is 0 Å². The van der Waals surface area contributed by atoms with E-state index in [-0.39, 0.29) is 73.1 Å². The smallest absolute Gasteiger partial charge is 0.306 e. The molecule has 8 heterocycles. The molecule has 0 amide bonds. The first kappa shape index (κ1) is 114. The molecule has 0 bridgehead atoms. The number of thiazole rings is 4. The maximum absolute atomic E-state index is 12.8. The summed E-state index contributed by atoms with van der Waals surface area (Å²) >= 11 is 39.1. The van der Waals surface area contributed by atoms with Crippen LogP contribution in [0.1, 0.15) is 178 Å². The first-order chi connectivity index (χ1) is 65.3. The molecular weight excluding hydrogens is 1990 g/mol. The third kappa shape index (κ3) is 41.3. The number of halogens is 6. The average Bonchev–Trinajstić information content (AvgIpc) is 1.64. The van der Waals surface area contributed by atoms with Crippen molar-refractivity contribution in [3.63, 3.8) is 0 Å². The number of esters is 2. The highest BCUT2D eigenvalue weighted by atomic mass is 79.9. The molecule has 17 N–H and O–H groups in total. The van der Waals surface area contributed by atoms with Crippen LogP contribution >= 0.6 is 119 Å². The van der Waals surface area contributed by atoms with Gasteiger partial charge in [-0.3, -0.25) is 33.6 Å². The Hall–Kier alpha value is -10.7. The van der Waals surface area contributed by atoms with Gasteiger partial charge in [0.1, 0.15) is 75.8 Å². The fraction of sp³-hybridized carbons (Fsp3) is 0.359. The van der Waals surface area contributed by atoms with Crippen molar-refractivity contribution in [2.45, 2.75) is 153 Å². The van der Waals surface area contributed by atoms with Gasteiger partial charge in [-0.1, -0.05) is 181 Å². The third-order valence-electron chi connectivity index (χ3n) is 18.6. The summed E-state index contributed by atoms with van der Waals surface area (Å²) in [6.07, 6.45) is 13.7. The number of aromatic nitrogens is 12. The van der Waals surface area contributed by atoms with E-state index in [9.17, 15) is 33.6 Å². The van der Waals surface area contributed by atoms with Crippen LogP contribution in [0.15, 0.2) is 122 Å². The number of aryl methyl sites for hydroxylation is 8. The monoisotopic (exact) mass is 2100 g/mol. The normalized spacial score (nSPS) is 10.4. The molecule has 136 heavy (non-hydrogen) atoms. The lowest BCUT2D eigenvalue weighted by Gasteiger charge is -2.09. The summed E-state index contributed by atoms with van der Waals surface area (Å²) in [7, 11) is 0. The van der Waals surface area contributed by atoms with E-state index in [2.05, 4.69) is 124 Å². The molecule has 728 valence electrons. The predicted octanol–water partition coefficient (Wildman–Crippen LogP) is 19.2. The number of Topliss-reactive ketones (excluding diaryl/α,β-unsaturated/α-hetero) is 5. The Morgan fingerprint density at radius 2 is 0.662 bits per heavy atom. The number of hydrogen-bond acceptors (Lipinski definition) is 38. The highest BCUT2D eigenvalue weighted by Crippen LogP contribution is 2.33. The first-order valence-electron chi connectivity index (χ1n) is 43.0. The second-order valence-electron chi connectivity index (χ2n) is 29.4. The first-order valence-corrected chi connectivity index (χ1v) is 49.2. The standard InChI is InChI=1S/C25H30ClN5O3S.C24H28ClN5O3S.C19H21ClN6OS.C17H14Cl2N4OS.C5H9BrO2.C2H8N2.H3NO/c1-4-34-24(33)11-6-5-7-12-27-22-14-23(30-17(3)29-22)31-25-28-15-21(35-25)20(32)13-18-16(2)9-8-10-19(18)26;1-15-7-6-9-19(25)18(15)11-20(33)21-13-27-24(34-21)30-23-12-22(28-16(2)29-23)26-10-5-3-4-8-17(32)14-31;1-11-4-3-5-14(20)13(11)8-15(27)16-10-23-19(28-16)26-18-9-17(22-7-6-21)24-12(2)25-18;1-9-4-3-5-12(18)11(9)6-13(24)14-8-20-17(25-14)23-16-7-15(19)21-10(2)22-16;1-2-8-5(7)3-4-6;3-1-2-4;1-2/h8-10,14-15H,4-7,11-13H2,1-3H3,(H2,27,28,29,30,31);6-7,9,12-13,31H,3-5,8,10-11,14H2,1-2H3,(H2,26,27,28,29,30);3-5,9-10H,6-8,21H2,1-2H3,(H2,22,23,24,25,26);3-5,7-8H,6H2,1-2H3,(H,20,21,22,23);2-4H2,1H3;1-4H2;2H,1H2. The number of rotatable bonds is 43. The Bertz CT molecular complexity index is 5750. The number of alkyl halides is 1. The number of nitrogens with zero attached hydrogens (tertiary/aromatic N) is 12. The molecule has 12 aromatic rings. The number of ether oxygens (including phenoxy) is 2. The van der Waals surface area contributed by atoms with Gasteiger partial charge < -0.3 is 74.2 Å². The van der Waals surface area contributed by atoms with Gasteiger partial charge in [0.2, 0.25) is 0 Å². The van der Waals surface area contributed by atoms with Gasteiger partial charge in [-0.2, -0.15) is 0 Å². The number of anilines is 11. The van der Waals surface area contributed by atoms with Crippen molar-refractivity contribution in [1.29, 1.82) is 0 Å². The highest BCUT2D eigenvalue weighted by molar-refractivity contribution is 9.09. The van der Waals surface area contributed by atoms with Crippen molar-refractivity contribution in [2.75, 3.05) is 102 Å². The maximum Gasteiger partial charge on any atom is 0.306 e. The molecular formula is C92H113BrCl5N23O11S4. The van der Waals surface area contributed by atoms with Gasteiger partial charge in [-0.05, 0) is 164 Å². The molecule has 4 aromatic carbocycles. The number of carbonyl (C=O) groups is 7. The summed E-state index contributed by atoms with van der Waals surface area (Å²) in [5.74, 6) is 9.74. The number of carbonyl (C=O) groups excluding carboxylic acids is 7. The molecule has 0 unspecified atom stereocenters. The Kier molecular flexibility index (Phi) is 52.2. The second kappa shape index (κ2) is 62.2. The zero-order valence-electron chi connectivity index (χ0n) is 77.0. The quantitative estimate of drug-likeness (QED) is 0.00421. The summed E-state index contributed by atoms with van der Waals surface area (Å²) in [5.41, 5.74) is 22.6. The van der Waals surface area contributed by atoms with Gasteiger partial charge in [0, 0.05) is 127 Å². The summed E-state index contributed by atoms with van der Waals surface area (Å²) in [4.78, 5) is 138. The van der Waals surface area contributed by atoms with Crippen LogP contribution in [-0.4, -0.2) is 175 Å². The van der Waals surface area contributed by atoms with E-state index in [1.54, 1.807) is 88.0 Å². The summed E-state index contributed by atoms with van der Waals surface area (Å²) < 4.78 is 9.55. The van der Waals surface area contributed by atoms with E-state index < -0.39 is 0 Å². The largest absolute Gasteiger partial charge is 0.466 e. The van der Waals surface area contributed by atoms with E-state index in [1.807, 2.05) is 103 Å². The van der Waals surface area contributed by atoms with Crippen molar-refractivity contribution >= 4 is 221 Å². The Labute approximate surface area is 839 Å². The summed E-state index contributed by atoms with van der Waals surface area (Å²) in [6.45, 7) is 22.8. The third-order valence-corrected chi connectivity index (χ3v) is 24.5. The number of ketones is 5. The SMILES string of the molecule is CCOC(=O)CCBr.CCOC(=O)CCCCCNc1cc(Nc2ncc(C(=O)Cc3c(C)cccc3Cl)s2)nc(C)n1.Cc1nc(Cl)cc(Nc2ncc(C(=O)Cc3c(C)cccc3Cl)s2)n1.Cc1nc(NCCCCCC(=O)CO)cc(Nc2ncc(C(=O)Cc3c(C)cccc3Cl)s2)n1.Cc1nc(NCCN)cc(Nc2ncc(C(=O)Cc3c(C)cccc3Cl)s2)n1.NCCN.NO. The lowest BCUT2D eigenvalue weighted by atomic mass is 10.0. The lowest BCUT2D eigenvalue weighted by molar-refractivity contribution is -0.143. The maximum atomic E-state index is 12.8. The number of nitrogens with two attached hydrogens (primary N) is 4. The summed E-state index contributed by atoms with van der Waals surface area (Å²) in [5, 5.41) is 43.1. The molecule has 44 heteroatoms. The molecule has 0 aliphatic carbocycles. The van der Waals surface area contributed by atoms with Crippen molar-refractivity contribution in [1.82, 2.24) is 59.8 Å². The van der Waals surface area contributed by atoms with Crippen LogP contribution in [0.3, 0.4) is 0 Å². The van der Waals surface area contributed by atoms with E-state index >= 15 is 0 Å². The number of aliphatic hydroxyl groups excluding tert-OH is 1. The molecule has 12 rings (SSSR count). The van der Waals surface area contributed by atoms with Crippen molar-refractivity contribution in [3.05, 3.63) is 234 Å². The Morgan fingerprint density at radius 3 is 0.941 bits per heavy atom. The van der Waals surface area contributed by atoms with Crippen LogP contribution in [0.5, 0.6) is 0 Å². The minimum Gasteiger partial charge on any atom is -0.466 e. The van der Waals surface area contributed by atoms with Gasteiger partial charge in [-0.25, -0.2) is 65.7 Å². The van der Waals surface area contributed by atoms with Crippen LogP contribution in [-0.2, 0) is 49.5 Å². The number of hydrogen-bond donors (Lipinski definition) is 13. The topological polar surface area (TPSA) is 521 Å². The average molecular weight is 2100 g/mol. The van der Waals surface area contributed by atoms with Crippen molar-refractivity contribution in [2.24, 2.45) is 23.1 Å². The molecule has 0 aliphatic rings. The van der Waals surface area contributed by atoms with Gasteiger partial charge in [-0.15, -0.1) is 0 Å². The fourth-order valence-corrected chi connectivity index (χ4v) is 16.8. The summed E-state index contributed by atoms with van der Waals surface area (Å²) in [6, 6.07) is 29.4. The highest BCUT2D eigenvalue weighted by Gasteiger charge is 2.22. The number of unbranched alkanes of at least 4 members (excludes halogenated alkanes) is 4. The Morgan fingerprint density at radius 1 is 0.375 bits per heavy atom. The van der Waals surface area contributed by atoms with Gasteiger partial charge in [0.05, 0.1) is 63.9 Å². The Balaban J connectivity index is 0.000000267. The molecule has 34 nitrogen and oxygen atoms in total. The van der Waals surface area contributed by atoms with Crippen LogP contribution in [0, 0.1) is 55.4 Å². The molecule has 0 spiro atoms. The van der Waals surface area contributed by atoms with E-state index in [1.165, 1.54) is 45.3 Å². The van der Waals surface area contributed by atoms with E-state index in [0.717, 1.165) is 89.6 Å². The molecule has 0 atom stereocenters. The number of aliphatic hydroxyl groups is 1. The van der Waals surface area contributed by atoms with Gasteiger partial charge >= 0.3 is 11.9 Å². The molecule has 0 saturated heterocycles. The number of benzene rings is 4. The molecule has 0 fully saturated rings. The minimum absolute atomic E-state index is 0.0223. The van der Waals surface area contributed by atoms with Crippen molar-refractivity contribution in [3.8, 4) is 0 Å². The van der Waals surface area contributed by atoms with Gasteiger partial charge in [0.15, 0.2) is 49.4 Å². The van der Waals surface area contributed by atoms with E-state index in [4.69, 9.17) is 90.3 Å². The molecule has 8 aromatic heterocycles. The van der Waals surface area contributed by atoms with Crippen LogP contribution in [0.4, 0.5) is 61.3 Å². The molecule has 0 aliphatic heterocycles.